The molecule has 6 heteroatoms. The molecule has 0 N–H and O–H groups in total. The molecule has 0 amide bonds. The fourth-order valence-electron chi connectivity index (χ4n) is 5.95. The molecule has 4 bridgehead atoms. The van der Waals surface area contributed by atoms with E-state index in [9.17, 15) is 9.59 Å². The minimum atomic E-state index is -0.477. The Bertz CT molecular complexity index is 684. The zero-order chi connectivity index (χ0) is 20.3. The van der Waals surface area contributed by atoms with Gasteiger partial charge in [-0.2, -0.15) is 0 Å². The van der Waals surface area contributed by atoms with E-state index in [4.69, 9.17) is 14.2 Å². The van der Waals surface area contributed by atoms with Gasteiger partial charge in [0.05, 0.1) is 19.6 Å². The van der Waals surface area contributed by atoms with Crippen LogP contribution in [0.5, 0.6) is 5.75 Å². The zero-order valence-electron chi connectivity index (χ0n) is 16.9. The van der Waals surface area contributed by atoms with Gasteiger partial charge < -0.3 is 14.2 Å². The van der Waals surface area contributed by atoms with Crippen molar-refractivity contribution in [2.24, 2.45) is 29.1 Å². The number of aromatic nitrogens is 1. The highest BCUT2D eigenvalue weighted by Crippen LogP contribution is 2.61. The number of esters is 2. The molecule has 0 saturated heterocycles. The summed E-state index contributed by atoms with van der Waals surface area (Å²) in [6.45, 7) is 4.02. The largest absolute Gasteiger partial charge is 0.482 e. The van der Waals surface area contributed by atoms with Crippen LogP contribution in [-0.4, -0.2) is 36.7 Å². The second kappa shape index (κ2) is 8.72. The molecule has 6 nitrogen and oxygen atoms in total. The van der Waals surface area contributed by atoms with Gasteiger partial charge in [-0.25, -0.2) is 4.79 Å². The Morgan fingerprint density at radius 1 is 1.00 bits per heavy atom. The third kappa shape index (κ3) is 5.28. The number of rotatable bonds is 9. The fraction of sp³-hybridized carbons (Fsp3) is 0.652. The number of nitrogens with zero attached hydrogens (tertiary/aromatic N) is 1. The van der Waals surface area contributed by atoms with Gasteiger partial charge in [-0.15, -0.1) is 0 Å². The molecule has 4 aliphatic rings. The van der Waals surface area contributed by atoms with Crippen molar-refractivity contribution < 1.29 is 23.8 Å². The summed E-state index contributed by atoms with van der Waals surface area (Å²) in [6.07, 6.45) is 11.4. The van der Waals surface area contributed by atoms with Gasteiger partial charge in [0.2, 0.25) is 0 Å². The molecule has 1 heterocycles. The molecule has 29 heavy (non-hydrogen) atoms. The van der Waals surface area contributed by atoms with Crippen molar-refractivity contribution in [2.75, 3.05) is 19.8 Å². The Morgan fingerprint density at radius 3 is 2.14 bits per heavy atom. The van der Waals surface area contributed by atoms with E-state index in [0.29, 0.717) is 12.2 Å². The summed E-state index contributed by atoms with van der Waals surface area (Å²) in [5, 5.41) is 0. The van der Waals surface area contributed by atoms with Crippen LogP contribution < -0.4 is 4.74 Å². The van der Waals surface area contributed by atoms with Crippen molar-refractivity contribution >= 4 is 11.9 Å². The van der Waals surface area contributed by atoms with E-state index in [1.54, 1.807) is 24.5 Å². The summed E-state index contributed by atoms with van der Waals surface area (Å²) in [5.41, 5.74) is 0.180. The van der Waals surface area contributed by atoms with E-state index in [1.807, 2.05) is 0 Å². The van der Waals surface area contributed by atoms with Gasteiger partial charge in [-0.1, -0.05) is 0 Å². The third-order valence-electron chi connectivity index (χ3n) is 6.65. The maximum Gasteiger partial charge on any atom is 0.344 e. The Morgan fingerprint density at radius 2 is 1.55 bits per heavy atom. The predicted octanol–water partition coefficient (Wildman–Crippen LogP) is 3.60. The predicted molar refractivity (Wildman–Crippen MR) is 106 cm³/mol. The van der Waals surface area contributed by atoms with E-state index in [-0.39, 0.29) is 37.1 Å². The first kappa shape index (κ1) is 20.2. The smallest absolute Gasteiger partial charge is 0.344 e. The first-order valence-electron chi connectivity index (χ1n) is 10.7. The molecule has 1 aromatic rings. The highest BCUT2D eigenvalue weighted by atomic mass is 16.6. The van der Waals surface area contributed by atoms with E-state index >= 15 is 0 Å². The lowest BCUT2D eigenvalue weighted by Gasteiger charge is -2.56. The fourth-order valence-corrected chi connectivity index (χ4v) is 5.95. The minimum Gasteiger partial charge on any atom is -0.482 e. The average Bonchev–Trinajstić information content (AvgIpc) is 2.68. The molecule has 1 aromatic heterocycles. The van der Waals surface area contributed by atoms with Gasteiger partial charge in [-0.3, -0.25) is 9.78 Å². The molecule has 4 saturated carbocycles. The van der Waals surface area contributed by atoms with Crippen molar-refractivity contribution in [2.45, 2.75) is 44.9 Å². The van der Waals surface area contributed by atoms with Crippen LogP contribution >= 0.6 is 0 Å². The molecule has 0 spiro atoms. The average molecular weight is 400 g/mol. The summed E-state index contributed by atoms with van der Waals surface area (Å²) in [6, 6.07) is 3.33. The Kier molecular flexibility index (Phi) is 6.07. The lowest BCUT2D eigenvalue weighted by molar-refractivity contribution is -0.154. The third-order valence-corrected chi connectivity index (χ3v) is 6.65. The first-order chi connectivity index (χ1) is 14.0. The summed E-state index contributed by atoms with van der Waals surface area (Å²) in [5.74, 6) is 2.13. The monoisotopic (exact) mass is 400 g/mol. The quantitative estimate of drug-likeness (QED) is 0.590. The summed E-state index contributed by atoms with van der Waals surface area (Å²) < 4.78 is 15.9. The van der Waals surface area contributed by atoms with Crippen molar-refractivity contribution in [3.63, 3.8) is 0 Å². The molecule has 1 atom stereocenters. The van der Waals surface area contributed by atoms with Crippen LogP contribution in [0.3, 0.4) is 0 Å². The lowest BCUT2D eigenvalue weighted by Crippen LogP contribution is -2.47. The van der Waals surface area contributed by atoms with Crippen molar-refractivity contribution in [3.05, 3.63) is 31.5 Å². The molecule has 0 aromatic carbocycles. The lowest BCUT2D eigenvalue weighted by atomic mass is 9.49. The van der Waals surface area contributed by atoms with E-state index in [0.717, 1.165) is 17.8 Å². The van der Waals surface area contributed by atoms with Crippen LogP contribution in [0.15, 0.2) is 24.5 Å². The van der Waals surface area contributed by atoms with Crippen molar-refractivity contribution in [3.8, 4) is 5.75 Å². The van der Waals surface area contributed by atoms with E-state index < -0.39 is 5.97 Å². The summed E-state index contributed by atoms with van der Waals surface area (Å²) in [4.78, 5) is 28.1. The molecule has 4 aliphatic carbocycles. The molecular weight excluding hydrogens is 370 g/mol. The second-order valence-electron chi connectivity index (χ2n) is 9.30. The summed E-state index contributed by atoms with van der Waals surface area (Å²) >= 11 is 0. The van der Waals surface area contributed by atoms with Crippen LogP contribution in [-0.2, 0) is 19.1 Å². The van der Waals surface area contributed by atoms with Gasteiger partial charge in [0.15, 0.2) is 6.61 Å². The zero-order valence-corrected chi connectivity index (χ0v) is 16.9. The highest BCUT2D eigenvalue weighted by Gasteiger charge is 2.51. The van der Waals surface area contributed by atoms with Crippen molar-refractivity contribution in [1.29, 1.82) is 0 Å². The molecule has 0 aliphatic heterocycles. The van der Waals surface area contributed by atoms with Gasteiger partial charge in [-0.05, 0) is 80.8 Å². The van der Waals surface area contributed by atoms with Crippen LogP contribution in [0.1, 0.15) is 44.9 Å². The SMILES string of the molecule is [CH2]C(COC(=O)COc1ccncc1)COC(=O)CC12CC3CC(CC(C3)C1)C2. The topological polar surface area (TPSA) is 74.7 Å². The molecule has 5 rings (SSSR count). The number of hydrogen-bond donors (Lipinski definition) is 0. The molecular formula is C23H30NO5. The van der Waals surface area contributed by atoms with Crippen LogP contribution in [0.4, 0.5) is 0 Å². The normalized spacial score (nSPS) is 30.6. The number of hydrogen-bond acceptors (Lipinski definition) is 6. The Balaban J connectivity index is 1.13. The van der Waals surface area contributed by atoms with Crippen LogP contribution in [0.25, 0.3) is 0 Å². The molecule has 1 radical (unpaired) electrons. The number of pyridine rings is 1. The van der Waals surface area contributed by atoms with Gasteiger partial charge in [0.1, 0.15) is 5.75 Å². The molecule has 1 unspecified atom stereocenters. The van der Waals surface area contributed by atoms with E-state index in [2.05, 4.69) is 11.9 Å². The minimum absolute atomic E-state index is 0.100. The van der Waals surface area contributed by atoms with Gasteiger partial charge in [0, 0.05) is 18.3 Å². The second-order valence-corrected chi connectivity index (χ2v) is 9.30. The number of carbonyl (C=O) groups is 2. The van der Waals surface area contributed by atoms with Gasteiger partial charge >= 0.3 is 11.9 Å². The number of ether oxygens (including phenoxy) is 3. The van der Waals surface area contributed by atoms with E-state index in [1.165, 1.54) is 38.5 Å². The maximum absolute atomic E-state index is 12.4. The van der Waals surface area contributed by atoms with Crippen LogP contribution in [0, 0.1) is 36.0 Å². The highest BCUT2D eigenvalue weighted by molar-refractivity contribution is 5.71. The van der Waals surface area contributed by atoms with Crippen molar-refractivity contribution in [1.82, 2.24) is 4.98 Å². The first-order valence-corrected chi connectivity index (χ1v) is 10.7. The number of carbonyl (C=O) groups excluding carboxylic acids is 2. The maximum atomic E-state index is 12.4. The van der Waals surface area contributed by atoms with Gasteiger partial charge in [0.25, 0.3) is 0 Å². The Hall–Kier alpha value is -2.11. The van der Waals surface area contributed by atoms with Crippen LogP contribution in [0.2, 0.25) is 0 Å². The summed E-state index contributed by atoms with van der Waals surface area (Å²) in [7, 11) is 0. The standard InChI is InChI=1S/C23H30NO5/c1-16(14-29-22(26)15-27-20-2-4-24-5-3-20)13-28-21(25)12-23-9-17-6-18(10-23)8-19(7-17)11-23/h2-5,16-19H,1,6-15H2. The molecule has 4 fully saturated rings. The molecule has 157 valence electrons. The Labute approximate surface area is 172 Å².